The van der Waals surface area contributed by atoms with Gasteiger partial charge in [0.2, 0.25) is 5.91 Å². The molecule has 0 radical (unpaired) electrons. The molecule has 1 fully saturated rings. The van der Waals surface area contributed by atoms with Crippen molar-refractivity contribution in [2.75, 3.05) is 45.3 Å². The number of ether oxygens (including phenoxy) is 5. The lowest BCUT2D eigenvalue weighted by atomic mass is 9.87. The quantitative estimate of drug-likeness (QED) is 0.184. The van der Waals surface area contributed by atoms with Gasteiger partial charge in [0.25, 0.3) is 0 Å². The summed E-state index contributed by atoms with van der Waals surface area (Å²) >= 11 is 0. The topological polar surface area (TPSA) is 87.3 Å². The zero-order valence-corrected chi connectivity index (χ0v) is 25.7. The molecule has 0 saturated carbocycles. The first-order chi connectivity index (χ1) is 21.1. The zero-order chi connectivity index (χ0) is 30.3. The Bertz CT molecular complexity index is 1250. The summed E-state index contributed by atoms with van der Waals surface area (Å²) in [6, 6.07) is 24.1. The molecule has 8 nitrogen and oxygen atoms in total. The normalized spacial score (nSPS) is 17.3. The van der Waals surface area contributed by atoms with E-state index in [-0.39, 0.29) is 18.1 Å². The number of amides is 1. The number of anilines is 1. The van der Waals surface area contributed by atoms with E-state index < -0.39 is 0 Å². The van der Waals surface area contributed by atoms with Crippen LogP contribution in [0.2, 0.25) is 0 Å². The van der Waals surface area contributed by atoms with Crippen LogP contribution in [-0.4, -0.2) is 58.1 Å². The minimum atomic E-state index is -0.108. The SMILES string of the molecule is CCOC(C)CC(=O)Nc1cccc(COC2CNCCC2c2ccc(OCCCOCc3ccccc3OC)cc2)c1. The minimum absolute atomic E-state index is 0.0474. The molecule has 1 heterocycles. The Morgan fingerprint density at radius 2 is 1.86 bits per heavy atom. The van der Waals surface area contributed by atoms with Crippen molar-refractivity contribution in [1.82, 2.24) is 5.32 Å². The third-order valence-corrected chi connectivity index (χ3v) is 7.49. The van der Waals surface area contributed by atoms with E-state index in [1.54, 1.807) is 7.11 Å². The molecule has 0 bridgehead atoms. The molecule has 0 spiro atoms. The summed E-state index contributed by atoms with van der Waals surface area (Å²) in [5, 5.41) is 6.45. The summed E-state index contributed by atoms with van der Waals surface area (Å²) in [6.45, 7) is 8.39. The third-order valence-electron chi connectivity index (χ3n) is 7.49. The molecule has 0 aromatic heterocycles. The lowest BCUT2D eigenvalue weighted by Gasteiger charge is -2.32. The summed E-state index contributed by atoms with van der Waals surface area (Å²) in [7, 11) is 1.67. The molecule has 4 rings (SSSR count). The molecular weight excluding hydrogens is 544 g/mol. The molecule has 2 N–H and O–H groups in total. The van der Waals surface area contributed by atoms with E-state index in [4.69, 9.17) is 23.7 Å². The Kier molecular flexibility index (Phi) is 13.3. The average Bonchev–Trinajstić information content (AvgIpc) is 3.02. The van der Waals surface area contributed by atoms with Crippen LogP contribution in [0.25, 0.3) is 0 Å². The minimum Gasteiger partial charge on any atom is -0.496 e. The van der Waals surface area contributed by atoms with Crippen molar-refractivity contribution >= 4 is 11.6 Å². The number of carbonyl (C=O) groups excluding carboxylic acids is 1. The van der Waals surface area contributed by atoms with Gasteiger partial charge < -0.3 is 34.3 Å². The summed E-state index contributed by atoms with van der Waals surface area (Å²) in [4.78, 5) is 12.4. The molecular formula is C35H46N2O6. The lowest BCUT2D eigenvalue weighted by molar-refractivity contribution is -0.118. The van der Waals surface area contributed by atoms with Gasteiger partial charge in [-0.3, -0.25) is 4.79 Å². The molecule has 3 aromatic rings. The first-order valence-electron chi connectivity index (χ1n) is 15.3. The van der Waals surface area contributed by atoms with Gasteiger partial charge in [0, 0.05) is 36.7 Å². The van der Waals surface area contributed by atoms with Gasteiger partial charge in [-0.25, -0.2) is 0 Å². The third kappa shape index (κ3) is 10.7. The maximum atomic E-state index is 12.4. The van der Waals surface area contributed by atoms with Gasteiger partial charge in [0.05, 0.1) is 52.2 Å². The molecule has 1 aliphatic heterocycles. The zero-order valence-electron chi connectivity index (χ0n) is 25.7. The number of hydrogen-bond donors (Lipinski definition) is 2. The van der Waals surface area contributed by atoms with Crippen molar-refractivity contribution in [3.8, 4) is 11.5 Å². The van der Waals surface area contributed by atoms with Gasteiger partial charge in [-0.2, -0.15) is 0 Å². The Morgan fingerprint density at radius 1 is 1.02 bits per heavy atom. The largest absolute Gasteiger partial charge is 0.496 e. The van der Waals surface area contributed by atoms with Crippen LogP contribution in [0, 0.1) is 0 Å². The van der Waals surface area contributed by atoms with Crippen LogP contribution in [0.5, 0.6) is 11.5 Å². The lowest BCUT2D eigenvalue weighted by Crippen LogP contribution is -2.40. The maximum absolute atomic E-state index is 12.4. The Hall–Kier alpha value is -3.43. The van der Waals surface area contributed by atoms with Gasteiger partial charge >= 0.3 is 0 Å². The molecule has 8 heteroatoms. The van der Waals surface area contributed by atoms with Gasteiger partial charge in [0.15, 0.2) is 0 Å². The summed E-state index contributed by atoms with van der Waals surface area (Å²) < 4.78 is 29.0. The van der Waals surface area contributed by atoms with Crippen molar-refractivity contribution in [2.24, 2.45) is 0 Å². The number of benzene rings is 3. The summed E-state index contributed by atoms with van der Waals surface area (Å²) in [5.74, 6) is 1.94. The molecule has 0 aliphatic carbocycles. The first kappa shape index (κ1) is 32.5. The van der Waals surface area contributed by atoms with Crippen LogP contribution in [-0.2, 0) is 32.2 Å². The second-order valence-electron chi connectivity index (χ2n) is 10.8. The van der Waals surface area contributed by atoms with Gasteiger partial charge in [-0.1, -0.05) is 42.5 Å². The van der Waals surface area contributed by atoms with E-state index in [0.29, 0.717) is 45.4 Å². The van der Waals surface area contributed by atoms with Crippen LogP contribution < -0.4 is 20.1 Å². The van der Waals surface area contributed by atoms with Gasteiger partial charge in [-0.05, 0) is 68.3 Å². The Labute approximate surface area is 256 Å². The molecule has 232 valence electrons. The second kappa shape index (κ2) is 17.6. The highest BCUT2D eigenvalue weighted by Crippen LogP contribution is 2.30. The number of para-hydroxylation sites is 1. The van der Waals surface area contributed by atoms with Crippen molar-refractivity contribution < 1.29 is 28.5 Å². The first-order valence-corrected chi connectivity index (χ1v) is 15.3. The van der Waals surface area contributed by atoms with E-state index in [0.717, 1.165) is 54.2 Å². The fourth-order valence-corrected chi connectivity index (χ4v) is 5.31. The van der Waals surface area contributed by atoms with Gasteiger partial charge in [-0.15, -0.1) is 0 Å². The highest BCUT2D eigenvalue weighted by atomic mass is 16.5. The van der Waals surface area contributed by atoms with Crippen LogP contribution in [0.3, 0.4) is 0 Å². The highest BCUT2D eigenvalue weighted by Gasteiger charge is 2.27. The number of methoxy groups -OCH3 is 1. The maximum Gasteiger partial charge on any atom is 0.226 e. The monoisotopic (exact) mass is 590 g/mol. The van der Waals surface area contributed by atoms with Gasteiger partial charge in [0.1, 0.15) is 11.5 Å². The number of piperidine rings is 1. The molecule has 1 saturated heterocycles. The van der Waals surface area contributed by atoms with Crippen LogP contribution in [0.15, 0.2) is 72.8 Å². The van der Waals surface area contributed by atoms with Crippen molar-refractivity contribution in [2.45, 2.75) is 64.4 Å². The standard InChI is InChI=1S/C35H46N2O6/c1-4-41-26(2)21-35(38)37-30-11-7-9-27(22-30)24-43-34-23-36-18-17-32(34)28-13-15-31(16-14-28)42-20-8-19-40-25-29-10-5-6-12-33(29)39-3/h5-7,9-16,22,26,32,34,36H,4,8,17-21,23-25H2,1-3H3,(H,37,38). The van der Waals surface area contributed by atoms with E-state index >= 15 is 0 Å². The molecule has 3 aromatic carbocycles. The number of rotatable bonds is 17. The van der Waals surface area contributed by atoms with Crippen LogP contribution >= 0.6 is 0 Å². The number of carbonyl (C=O) groups is 1. The number of hydrogen-bond acceptors (Lipinski definition) is 7. The summed E-state index contributed by atoms with van der Waals surface area (Å²) in [5.41, 5.74) is 4.09. The second-order valence-corrected chi connectivity index (χ2v) is 10.8. The Morgan fingerprint density at radius 3 is 2.67 bits per heavy atom. The van der Waals surface area contributed by atoms with E-state index in [1.165, 1.54) is 5.56 Å². The highest BCUT2D eigenvalue weighted by molar-refractivity contribution is 5.91. The Balaban J connectivity index is 1.21. The molecule has 43 heavy (non-hydrogen) atoms. The average molecular weight is 591 g/mol. The molecule has 1 amide bonds. The van der Waals surface area contributed by atoms with Crippen molar-refractivity contribution in [3.63, 3.8) is 0 Å². The molecule has 3 atom stereocenters. The molecule has 3 unspecified atom stereocenters. The fourth-order valence-electron chi connectivity index (χ4n) is 5.31. The van der Waals surface area contributed by atoms with Crippen molar-refractivity contribution in [3.05, 3.63) is 89.5 Å². The van der Waals surface area contributed by atoms with E-state index in [2.05, 4.69) is 22.8 Å². The predicted octanol–water partition coefficient (Wildman–Crippen LogP) is 6.10. The predicted molar refractivity (Wildman–Crippen MR) is 169 cm³/mol. The van der Waals surface area contributed by atoms with Crippen molar-refractivity contribution in [1.29, 1.82) is 0 Å². The fraction of sp³-hybridized carbons (Fsp3) is 0.457. The smallest absolute Gasteiger partial charge is 0.226 e. The summed E-state index contributed by atoms with van der Waals surface area (Å²) in [6.07, 6.45) is 2.07. The number of nitrogens with one attached hydrogen (secondary N) is 2. The van der Waals surface area contributed by atoms with Crippen LogP contribution in [0.1, 0.15) is 55.7 Å². The van der Waals surface area contributed by atoms with Crippen LogP contribution in [0.4, 0.5) is 5.69 Å². The van der Waals surface area contributed by atoms with E-state index in [1.807, 2.05) is 74.5 Å². The molecule has 1 aliphatic rings. The van der Waals surface area contributed by atoms with E-state index in [9.17, 15) is 4.79 Å².